The lowest BCUT2D eigenvalue weighted by Gasteiger charge is -2.23. The standard InChI is InChI=1S/C16H23NO3S/c1-12-10-14(4-5-15(12)17)21(18,19)11-13-6-9-16(20-13)7-2-3-8-16/h4-5,10,13H,2-3,6-9,11,17H2,1H3. The molecule has 3 rings (SSSR count). The van der Waals surface area contributed by atoms with Gasteiger partial charge in [0.05, 0.1) is 22.4 Å². The van der Waals surface area contributed by atoms with Gasteiger partial charge in [-0.1, -0.05) is 12.8 Å². The molecular weight excluding hydrogens is 286 g/mol. The molecule has 2 N–H and O–H groups in total. The van der Waals surface area contributed by atoms with E-state index in [2.05, 4.69) is 0 Å². The van der Waals surface area contributed by atoms with Crippen LogP contribution in [0.2, 0.25) is 0 Å². The minimum atomic E-state index is -3.31. The lowest BCUT2D eigenvalue weighted by Crippen LogP contribution is -2.28. The van der Waals surface area contributed by atoms with Crippen LogP contribution in [0.25, 0.3) is 0 Å². The molecule has 1 spiro atoms. The number of nitrogens with two attached hydrogens (primary N) is 1. The molecule has 4 nitrogen and oxygen atoms in total. The molecule has 0 bridgehead atoms. The highest BCUT2D eigenvalue weighted by atomic mass is 32.2. The number of anilines is 1. The normalized spacial score (nSPS) is 24.7. The first kappa shape index (κ1) is 14.9. The van der Waals surface area contributed by atoms with E-state index in [9.17, 15) is 8.42 Å². The number of sulfone groups is 1. The first-order chi connectivity index (χ1) is 9.90. The molecule has 21 heavy (non-hydrogen) atoms. The summed E-state index contributed by atoms with van der Waals surface area (Å²) in [4.78, 5) is 0.352. The summed E-state index contributed by atoms with van der Waals surface area (Å²) >= 11 is 0. The summed E-state index contributed by atoms with van der Waals surface area (Å²) < 4.78 is 31.2. The van der Waals surface area contributed by atoms with Gasteiger partial charge in [0.1, 0.15) is 0 Å². The molecule has 1 atom stereocenters. The van der Waals surface area contributed by atoms with Crippen molar-refractivity contribution in [1.29, 1.82) is 0 Å². The Bertz CT molecular complexity index is 633. The third kappa shape index (κ3) is 2.94. The second-order valence-corrected chi connectivity index (χ2v) is 8.50. The second kappa shape index (κ2) is 5.29. The summed E-state index contributed by atoms with van der Waals surface area (Å²) in [6.45, 7) is 1.83. The second-order valence-electron chi connectivity index (χ2n) is 6.47. The third-order valence-electron chi connectivity index (χ3n) is 4.86. The number of hydrogen-bond acceptors (Lipinski definition) is 4. The molecule has 1 aromatic carbocycles. The Morgan fingerprint density at radius 2 is 2.00 bits per heavy atom. The van der Waals surface area contributed by atoms with Crippen LogP contribution in [0.5, 0.6) is 0 Å². The van der Waals surface area contributed by atoms with Crippen molar-refractivity contribution in [2.24, 2.45) is 0 Å². The van der Waals surface area contributed by atoms with Crippen LogP contribution in [0, 0.1) is 6.92 Å². The van der Waals surface area contributed by atoms with E-state index < -0.39 is 9.84 Å². The number of rotatable bonds is 3. The summed E-state index contributed by atoms with van der Waals surface area (Å²) in [5.41, 5.74) is 7.16. The molecule has 1 aliphatic heterocycles. The maximum atomic E-state index is 12.5. The zero-order valence-corrected chi connectivity index (χ0v) is 13.3. The predicted octanol–water partition coefficient (Wildman–Crippen LogP) is 2.84. The molecule has 1 unspecified atom stereocenters. The lowest BCUT2D eigenvalue weighted by molar-refractivity contribution is -0.0273. The molecule has 116 valence electrons. The monoisotopic (exact) mass is 309 g/mol. The quantitative estimate of drug-likeness (QED) is 0.872. The fraction of sp³-hybridized carbons (Fsp3) is 0.625. The first-order valence-corrected chi connectivity index (χ1v) is 9.32. The maximum absolute atomic E-state index is 12.5. The van der Waals surface area contributed by atoms with Gasteiger partial charge >= 0.3 is 0 Å². The van der Waals surface area contributed by atoms with Gasteiger partial charge in [-0.15, -0.1) is 0 Å². The number of aryl methyl sites for hydroxylation is 1. The molecule has 1 saturated heterocycles. The van der Waals surface area contributed by atoms with Crippen molar-refractivity contribution >= 4 is 15.5 Å². The number of benzene rings is 1. The Morgan fingerprint density at radius 3 is 2.67 bits per heavy atom. The molecular formula is C16H23NO3S. The SMILES string of the molecule is Cc1cc(S(=O)(=O)CC2CCC3(CCCC3)O2)ccc1N. The van der Waals surface area contributed by atoms with E-state index in [0.717, 1.165) is 31.2 Å². The molecule has 5 heteroatoms. The minimum Gasteiger partial charge on any atom is -0.399 e. The smallest absolute Gasteiger partial charge is 0.180 e. The van der Waals surface area contributed by atoms with Crippen LogP contribution in [-0.4, -0.2) is 25.9 Å². The topological polar surface area (TPSA) is 69.4 Å². The molecule has 1 aliphatic carbocycles. The fourth-order valence-corrected chi connectivity index (χ4v) is 5.13. The Morgan fingerprint density at radius 1 is 1.29 bits per heavy atom. The van der Waals surface area contributed by atoms with Crippen molar-refractivity contribution in [2.45, 2.75) is 62.0 Å². The van der Waals surface area contributed by atoms with E-state index in [-0.39, 0.29) is 17.5 Å². The summed E-state index contributed by atoms with van der Waals surface area (Å²) in [5.74, 6) is 0.0815. The highest BCUT2D eigenvalue weighted by Crippen LogP contribution is 2.43. The van der Waals surface area contributed by atoms with Gasteiger partial charge in [0.15, 0.2) is 9.84 Å². The first-order valence-electron chi connectivity index (χ1n) is 7.67. The predicted molar refractivity (Wildman–Crippen MR) is 83.0 cm³/mol. The lowest BCUT2D eigenvalue weighted by atomic mass is 9.98. The molecule has 0 radical (unpaired) electrons. The largest absolute Gasteiger partial charge is 0.399 e. The summed E-state index contributed by atoms with van der Waals surface area (Å²) in [5, 5.41) is 0. The van der Waals surface area contributed by atoms with Crippen LogP contribution in [0.4, 0.5) is 5.69 Å². The van der Waals surface area contributed by atoms with E-state index in [1.165, 1.54) is 12.8 Å². The summed E-state index contributed by atoms with van der Waals surface area (Å²) in [6.07, 6.45) is 6.29. The molecule has 1 saturated carbocycles. The van der Waals surface area contributed by atoms with Crippen LogP contribution in [0.1, 0.15) is 44.1 Å². The van der Waals surface area contributed by atoms with Gasteiger partial charge in [-0.25, -0.2) is 8.42 Å². The van der Waals surface area contributed by atoms with Gasteiger partial charge in [0.2, 0.25) is 0 Å². The highest BCUT2D eigenvalue weighted by molar-refractivity contribution is 7.91. The molecule has 2 aliphatic rings. The van der Waals surface area contributed by atoms with Crippen molar-refractivity contribution < 1.29 is 13.2 Å². The summed E-state index contributed by atoms with van der Waals surface area (Å²) in [7, 11) is -3.31. The average Bonchev–Trinajstić information content (AvgIpc) is 3.03. The van der Waals surface area contributed by atoms with E-state index in [1.54, 1.807) is 18.2 Å². The van der Waals surface area contributed by atoms with Crippen LogP contribution < -0.4 is 5.73 Å². The van der Waals surface area contributed by atoms with Crippen molar-refractivity contribution in [3.8, 4) is 0 Å². The van der Waals surface area contributed by atoms with Gasteiger partial charge in [0.25, 0.3) is 0 Å². The van der Waals surface area contributed by atoms with Crippen LogP contribution >= 0.6 is 0 Å². The zero-order valence-electron chi connectivity index (χ0n) is 12.5. The molecule has 0 aromatic heterocycles. The van der Waals surface area contributed by atoms with E-state index in [0.29, 0.717) is 10.6 Å². The van der Waals surface area contributed by atoms with Gasteiger partial charge in [-0.05, 0) is 56.4 Å². The van der Waals surface area contributed by atoms with Crippen molar-refractivity contribution in [3.05, 3.63) is 23.8 Å². The van der Waals surface area contributed by atoms with Gasteiger partial charge in [-0.2, -0.15) is 0 Å². The van der Waals surface area contributed by atoms with E-state index in [4.69, 9.17) is 10.5 Å². The molecule has 2 fully saturated rings. The van der Waals surface area contributed by atoms with Gasteiger partial charge < -0.3 is 10.5 Å². The van der Waals surface area contributed by atoms with Crippen molar-refractivity contribution in [1.82, 2.24) is 0 Å². The molecule has 1 heterocycles. The number of hydrogen-bond donors (Lipinski definition) is 1. The van der Waals surface area contributed by atoms with Crippen molar-refractivity contribution in [2.75, 3.05) is 11.5 Å². The van der Waals surface area contributed by atoms with Gasteiger partial charge in [0, 0.05) is 5.69 Å². The van der Waals surface area contributed by atoms with Crippen molar-refractivity contribution in [3.63, 3.8) is 0 Å². The minimum absolute atomic E-state index is 0.0166. The van der Waals surface area contributed by atoms with E-state index in [1.807, 2.05) is 6.92 Å². The van der Waals surface area contributed by atoms with Crippen LogP contribution in [0.15, 0.2) is 23.1 Å². The van der Waals surface area contributed by atoms with Crippen LogP contribution in [-0.2, 0) is 14.6 Å². The zero-order chi connectivity index (χ0) is 15.1. The Balaban J connectivity index is 1.73. The maximum Gasteiger partial charge on any atom is 0.180 e. The fourth-order valence-electron chi connectivity index (χ4n) is 3.58. The Kier molecular flexibility index (Phi) is 3.74. The summed E-state index contributed by atoms with van der Waals surface area (Å²) in [6, 6.07) is 4.92. The van der Waals surface area contributed by atoms with E-state index >= 15 is 0 Å². The average molecular weight is 309 g/mol. The molecule has 1 aromatic rings. The number of ether oxygens (including phenoxy) is 1. The number of nitrogen functional groups attached to an aromatic ring is 1. The van der Waals surface area contributed by atoms with Gasteiger partial charge in [-0.3, -0.25) is 0 Å². The molecule has 0 amide bonds. The Labute approximate surface area is 126 Å². The highest BCUT2D eigenvalue weighted by Gasteiger charge is 2.43. The third-order valence-corrected chi connectivity index (χ3v) is 6.64. The Hall–Kier alpha value is -1.07. The van der Waals surface area contributed by atoms with Crippen LogP contribution in [0.3, 0.4) is 0 Å².